The standard InChI is InChI=1S/C12H13N7OS/c1-7-4-3-5-9(8(7)2)19-12(16-17-18-19)21-6-10-14-15-11(13)20-10/h3-5H,6H2,1-2H3,(H2,13,15). The van der Waals surface area contributed by atoms with Crippen LogP contribution in [0.3, 0.4) is 0 Å². The van der Waals surface area contributed by atoms with E-state index in [-0.39, 0.29) is 6.01 Å². The van der Waals surface area contributed by atoms with E-state index < -0.39 is 0 Å². The van der Waals surface area contributed by atoms with Crippen LogP contribution in [0.15, 0.2) is 27.8 Å². The first-order chi connectivity index (χ1) is 10.1. The molecule has 2 aromatic heterocycles. The lowest BCUT2D eigenvalue weighted by Gasteiger charge is -2.08. The van der Waals surface area contributed by atoms with E-state index in [0.717, 1.165) is 11.3 Å². The van der Waals surface area contributed by atoms with Gasteiger partial charge in [-0.25, -0.2) is 0 Å². The van der Waals surface area contributed by atoms with Crippen molar-refractivity contribution in [3.8, 4) is 5.69 Å². The molecule has 0 saturated carbocycles. The first kappa shape index (κ1) is 13.6. The van der Waals surface area contributed by atoms with Crippen molar-refractivity contribution < 1.29 is 4.42 Å². The molecule has 0 aliphatic rings. The molecule has 0 aliphatic carbocycles. The maximum Gasteiger partial charge on any atom is 0.312 e. The van der Waals surface area contributed by atoms with Gasteiger partial charge in [0.15, 0.2) is 0 Å². The molecule has 0 amide bonds. The Bertz CT molecular complexity index is 767. The summed E-state index contributed by atoms with van der Waals surface area (Å²) in [5.74, 6) is 0.892. The number of hydrogen-bond acceptors (Lipinski definition) is 8. The van der Waals surface area contributed by atoms with E-state index in [1.54, 1.807) is 4.68 Å². The van der Waals surface area contributed by atoms with E-state index in [1.165, 1.54) is 17.3 Å². The van der Waals surface area contributed by atoms with Gasteiger partial charge in [0.2, 0.25) is 11.0 Å². The van der Waals surface area contributed by atoms with Crippen molar-refractivity contribution in [2.24, 2.45) is 0 Å². The summed E-state index contributed by atoms with van der Waals surface area (Å²) in [6.45, 7) is 4.09. The smallest absolute Gasteiger partial charge is 0.312 e. The van der Waals surface area contributed by atoms with Crippen LogP contribution < -0.4 is 5.73 Å². The van der Waals surface area contributed by atoms with Gasteiger partial charge >= 0.3 is 6.01 Å². The molecular weight excluding hydrogens is 290 g/mol. The number of benzene rings is 1. The second-order valence-corrected chi connectivity index (χ2v) is 5.36. The quantitative estimate of drug-likeness (QED) is 0.723. The van der Waals surface area contributed by atoms with Gasteiger partial charge in [0.25, 0.3) is 0 Å². The summed E-state index contributed by atoms with van der Waals surface area (Å²) in [4.78, 5) is 0. The van der Waals surface area contributed by atoms with E-state index in [9.17, 15) is 0 Å². The Morgan fingerprint density at radius 2 is 2.10 bits per heavy atom. The minimum absolute atomic E-state index is 0.0553. The fraction of sp³-hybridized carbons (Fsp3) is 0.250. The molecule has 9 heteroatoms. The molecule has 0 spiro atoms. The Balaban J connectivity index is 1.85. The summed E-state index contributed by atoms with van der Waals surface area (Å²) < 4.78 is 6.83. The second kappa shape index (κ2) is 5.52. The molecule has 0 atom stereocenters. The van der Waals surface area contributed by atoms with Crippen molar-refractivity contribution in [2.75, 3.05) is 5.73 Å². The largest absolute Gasteiger partial charge is 0.407 e. The van der Waals surface area contributed by atoms with E-state index in [2.05, 4.69) is 38.7 Å². The highest BCUT2D eigenvalue weighted by molar-refractivity contribution is 7.98. The highest BCUT2D eigenvalue weighted by Crippen LogP contribution is 2.24. The van der Waals surface area contributed by atoms with Crippen molar-refractivity contribution in [3.63, 3.8) is 0 Å². The monoisotopic (exact) mass is 303 g/mol. The van der Waals surface area contributed by atoms with Gasteiger partial charge in [-0.15, -0.1) is 10.2 Å². The summed E-state index contributed by atoms with van der Waals surface area (Å²) >= 11 is 1.40. The van der Waals surface area contributed by atoms with Gasteiger partial charge in [-0.05, 0) is 41.5 Å². The molecule has 2 N–H and O–H groups in total. The van der Waals surface area contributed by atoms with Crippen LogP contribution in [0, 0.1) is 13.8 Å². The summed E-state index contributed by atoms with van der Waals surface area (Å²) in [5.41, 5.74) is 8.66. The maximum atomic E-state index is 5.39. The summed E-state index contributed by atoms with van der Waals surface area (Å²) in [6.07, 6.45) is 0. The van der Waals surface area contributed by atoms with Crippen molar-refractivity contribution in [1.29, 1.82) is 0 Å². The van der Waals surface area contributed by atoms with Crippen LogP contribution in [-0.2, 0) is 5.75 Å². The number of tetrazole rings is 1. The Morgan fingerprint density at radius 3 is 2.86 bits per heavy atom. The van der Waals surface area contributed by atoms with Crippen molar-refractivity contribution in [2.45, 2.75) is 24.8 Å². The Hall–Kier alpha value is -2.42. The number of thioether (sulfide) groups is 1. The third-order valence-corrected chi connectivity index (χ3v) is 3.96. The minimum atomic E-state index is 0.0553. The van der Waals surface area contributed by atoms with Gasteiger partial charge in [-0.1, -0.05) is 29.0 Å². The maximum absolute atomic E-state index is 5.39. The van der Waals surface area contributed by atoms with Gasteiger partial charge in [0.1, 0.15) is 0 Å². The molecule has 0 unspecified atom stereocenters. The minimum Gasteiger partial charge on any atom is -0.407 e. The molecule has 0 fully saturated rings. The second-order valence-electron chi connectivity index (χ2n) is 4.42. The SMILES string of the molecule is Cc1cccc(-n2nnnc2SCc2nnc(N)o2)c1C. The van der Waals surface area contributed by atoms with Crippen LogP contribution in [0.4, 0.5) is 6.01 Å². The molecule has 0 bridgehead atoms. The molecule has 108 valence electrons. The number of hydrogen-bond donors (Lipinski definition) is 1. The molecule has 8 nitrogen and oxygen atoms in total. The number of rotatable bonds is 4. The predicted octanol–water partition coefficient (Wildman–Crippen LogP) is 1.54. The molecule has 2 heterocycles. The van der Waals surface area contributed by atoms with E-state index >= 15 is 0 Å². The van der Waals surface area contributed by atoms with Gasteiger partial charge in [0.05, 0.1) is 11.4 Å². The number of aryl methyl sites for hydroxylation is 1. The van der Waals surface area contributed by atoms with Gasteiger partial charge in [-0.2, -0.15) is 4.68 Å². The van der Waals surface area contributed by atoms with E-state index in [4.69, 9.17) is 10.2 Å². The van der Waals surface area contributed by atoms with Crippen LogP contribution in [0.2, 0.25) is 0 Å². The normalized spacial score (nSPS) is 11.0. The molecular formula is C12H13N7OS. The third-order valence-electron chi connectivity index (χ3n) is 3.05. The van der Waals surface area contributed by atoms with Crippen LogP contribution >= 0.6 is 11.8 Å². The number of nitrogens with two attached hydrogens (primary N) is 1. The Labute approximate surface area is 124 Å². The summed E-state index contributed by atoms with van der Waals surface area (Å²) in [5, 5.41) is 19.9. The third kappa shape index (κ3) is 2.72. The number of aromatic nitrogens is 6. The molecule has 3 aromatic rings. The van der Waals surface area contributed by atoms with E-state index in [0.29, 0.717) is 16.8 Å². The molecule has 0 aliphatic heterocycles. The van der Waals surface area contributed by atoms with Crippen molar-refractivity contribution >= 4 is 17.8 Å². The summed E-state index contributed by atoms with van der Waals surface area (Å²) in [7, 11) is 0. The highest BCUT2D eigenvalue weighted by Gasteiger charge is 2.13. The van der Waals surface area contributed by atoms with Gasteiger partial charge in [-0.3, -0.25) is 0 Å². The zero-order valence-electron chi connectivity index (χ0n) is 11.5. The number of nitrogens with zero attached hydrogens (tertiary/aromatic N) is 6. The summed E-state index contributed by atoms with van der Waals surface area (Å²) in [6, 6.07) is 6.07. The lowest BCUT2D eigenvalue weighted by atomic mass is 10.1. The van der Waals surface area contributed by atoms with Gasteiger partial charge < -0.3 is 10.2 Å². The molecule has 0 saturated heterocycles. The van der Waals surface area contributed by atoms with Crippen molar-refractivity contribution in [3.05, 3.63) is 35.2 Å². The van der Waals surface area contributed by atoms with Crippen molar-refractivity contribution in [1.82, 2.24) is 30.4 Å². The lowest BCUT2D eigenvalue weighted by Crippen LogP contribution is -2.02. The fourth-order valence-corrected chi connectivity index (χ4v) is 2.56. The Kier molecular flexibility index (Phi) is 3.57. The fourth-order valence-electron chi connectivity index (χ4n) is 1.84. The average Bonchev–Trinajstić information content (AvgIpc) is 3.08. The molecule has 1 aromatic carbocycles. The highest BCUT2D eigenvalue weighted by atomic mass is 32.2. The van der Waals surface area contributed by atoms with Crippen LogP contribution in [0.1, 0.15) is 17.0 Å². The van der Waals surface area contributed by atoms with Gasteiger partial charge in [0, 0.05) is 0 Å². The number of anilines is 1. The first-order valence-electron chi connectivity index (χ1n) is 6.21. The van der Waals surface area contributed by atoms with Crippen LogP contribution in [0.25, 0.3) is 5.69 Å². The zero-order valence-corrected chi connectivity index (χ0v) is 12.3. The lowest BCUT2D eigenvalue weighted by molar-refractivity contribution is 0.533. The number of nitrogen functional groups attached to an aromatic ring is 1. The average molecular weight is 303 g/mol. The van der Waals surface area contributed by atoms with Crippen LogP contribution in [-0.4, -0.2) is 30.4 Å². The molecule has 3 rings (SSSR count). The zero-order chi connectivity index (χ0) is 14.8. The van der Waals surface area contributed by atoms with Crippen LogP contribution in [0.5, 0.6) is 0 Å². The Morgan fingerprint density at radius 1 is 1.24 bits per heavy atom. The molecule has 0 radical (unpaired) electrons. The topological polar surface area (TPSA) is 109 Å². The predicted molar refractivity (Wildman–Crippen MR) is 76.9 cm³/mol. The molecule has 21 heavy (non-hydrogen) atoms. The van der Waals surface area contributed by atoms with E-state index in [1.807, 2.05) is 19.1 Å². The first-order valence-corrected chi connectivity index (χ1v) is 7.19.